The maximum atomic E-state index is 13.0. The lowest BCUT2D eigenvalue weighted by Crippen LogP contribution is -2.54. The van der Waals surface area contributed by atoms with Gasteiger partial charge in [-0.15, -0.1) is 0 Å². The molecule has 0 radical (unpaired) electrons. The zero-order valence-corrected chi connectivity index (χ0v) is 17.0. The Morgan fingerprint density at radius 3 is 2.53 bits per heavy atom. The molecule has 0 atom stereocenters. The number of nitrogens with zero attached hydrogens (tertiary/aromatic N) is 3. The Hall–Kier alpha value is -2.49. The Labute approximate surface area is 174 Å². The molecule has 1 heterocycles. The molecule has 30 heavy (non-hydrogen) atoms. The maximum absolute atomic E-state index is 13.0. The predicted molar refractivity (Wildman–Crippen MR) is 107 cm³/mol. The van der Waals surface area contributed by atoms with E-state index in [0.717, 1.165) is 32.0 Å². The minimum absolute atomic E-state index is 0.0738. The third kappa shape index (κ3) is 6.51. The molecule has 2 N–H and O–H groups in total. The molecule has 1 aromatic carbocycles. The first-order valence-electron chi connectivity index (χ1n) is 10.1. The van der Waals surface area contributed by atoms with Crippen molar-refractivity contribution in [2.24, 2.45) is 4.99 Å². The molecular formula is C20H28F3N5O2. The van der Waals surface area contributed by atoms with Gasteiger partial charge in [-0.2, -0.15) is 13.2 Å². The van der Waals surface area contributed by atoms with Gasteiger partial charge in [0, 0.05) is 39.3 Å². The van der Waals surface area contributed by atoms with Gasteiger partial charge in [-0.1, -0.05) is 12.1 Å². The molecule has 0 bridgehead atoms. The van der Waals surface area contributed by atoms with Crippen LogP contribution in [0.2, 0.25) is 0 Å². The molecule has 2 aliphatic rings. The Bertz CT molecular complexity index is 744. The minimum atomic E-state index is -4.45. The van der Waals surface area contributed by atoms with Crippen molar-refractivity contribution < 1.29 is 22.7 Å². The van der Waals surface area contributed by atoms with Crippen molar-refractivity contribution in [2.45, 2.75) is 25.1 Å². The first-order valence-corrected chi connectivity index (χ1v) is 10.1. The van der Waals surface area contributed by atoms with E-state index in [1.807, 2.05) is 0 Å². The van der Waals surface area contributed by atoms with E-state index in [4.69, 9.17) is 4.74 Å². The van der Waals surface area contributed by atoms with Gasteiger partial charge in [0.05, 0.1) is 18.7 Å². The topological polar surface area (TPSA) is 69.2 Å². The van der Waals surface area contributed by atoms with Crippen molar-refractivity contribution in [3.8, 4) is 5.75 Å². The van der Waals surface area contributed by atoms with Crippen LogP contribution >= 0.6 is 0 Å². The molecule has 1 amide bonds. The summed E-state index contributed by atoms with van der Waals surface area (Å²) in [6, 6.07) is 5.54. The van der Waals surface area contributed by atoms with Crippen molar-refractivity contribution in [1.29, 1.82) is 0 Å². The number of carbonyl (C=O) groups is 1. The van der Waals surface area contributed by atoms with Gasteiger partial charge < -0.3 is 20.3 Å². The van der Waals surface area contributed by atoms with Crippen LogP contribution in [0.25, 0.3) is 0 Å². The van der Waals surface area contributed by atoms with Crippen molar-refractivity contribution in [1.82, 2.24) is 20.4 Å². The Kier molecular flexibility index (Phi) is 7.41. The molecule has 10 heteroatoms. The molecule has 1 aliphatic heterocycles. The number of nitrogens with one attached hydrogen (secondary N) is 2. The molecule has 0 spiro atoms. The summed E-state index contributed by atoms with van der Waals surface area (Å²) in [6.45, 7) is 3.73. The summed E-state index contributed by atoms with van der Waals surface area (Å²) in [6.07, 6.45) is -2.30. The maximum Gasteiger partial charge on any atom is 0.419 e. The van der Waals surface area contributed by atoms with E-state index in [9.17, 15) is 18.0 Å². The van der Waals surface area contributed by atoms with E-state index in [1.54, 1.807) is 7.05 Å². The van der Waals surface area contributed by atoms with Gasteiger partial charge >= 0.3 is 6.18 Å². The molecular weight excluding hydrogens is 399 g/mol. The lowest BCUT2D eigenvalue weighted by molar-refractivity contribution is -0.139. The second-order valence-electron chi connectivity index (χ2n) is 7.42. The van der Waals surface area contributed by atoms with E-state index >= 15 is 0 Å². The predicted octanol–water partition coefficient (Wildman–Crippen LogP) is 1.56. The van der Waals surface area contributed by atoms with E-state index in [2.05, 4.69) is 25.4 Å². The largest absolute Gasteiger partial charge is 0.491 e. The average Bonchev–Trinajstić information content (AvgIpc) is 3.52. The summed E-state index contributed by atoms with van der Waals surface area (Å²) in [5.41, 5.74) is -0.781. The zero-order valence-electron chi connectivity index (χ0n) is 17.0. The van der Waals surface area contributed by atoms with E-state index < -0.39 is 11.7 Å². The van der Waals surface area contributed by atoms with Crippen LogP contribution in [0.4, 0.5) is 13.2 Å². The summed E-state index contributed by atoms with van der Waals surface area (Å²) >= 11 is 0. The number of guanidine groups is 1. The highest BCUT2D eigenvalue weighted by molar-refractivity contribution is 5.80. The third-order valence-corrected chi connectivity index (χ3v) is 5.03. The van der Waals surface area contributed by atoms with Crippen LogP contribution in [0.1, 0.15) is 18.4 Å². The smallest absolute Gasteiger partial charge is 0.419 e. The minimum Gasteiger partial charge on any atom is -0.491 e. The quantitative estimate of drug-likeness (QED) is 0.393. The normalized spacial score (nSPS) is 18.3. The van der Waals surface area contributed by atoms with Crippen LogP contribution in [0.15, 0.2) is 29.3 Å². The number of hydrogen-bond donors (Lipinski definition) is 2. The summed E-state index contributed by atoms with van der Waals surface area (Å²) in [5, 5.41) is 6.12. The van der Waals surface area contributed by atoms with Gasteiger partial charge in [0.25, 0.3) is 0 Å². The second kappa shape index (κ2) is 10.0. The summed E-state index contributed by atoms with van der Waals surface area (Å²) < 4.78 is 44.4. The fourth-order valence-corrected chi connectivity index (χ4v) is 3.30. The molecule has 1 saturated carbocycles. The van der Waals surface area contributed by atoms with Crippen LogP contribution in [-0.2, 0) is 11.0 Å². The molecule has 1 aliphatic carbocycles. The Morgan fingerprint density at radius 1 is 1.20 bits per heavy atom. The number of alkyl halides is 3. The first-order chi connectivity index (χ1) is 14.4. The highest BCUT2D eigenvalue weighted by Crippen LogP contribution is 2.35. The molecule has 1 aromatic rings. The summed E-state index contributed by atoms with van der Waals surface area (Å²) in [7, 11) is 1.66. The number of amides is 1. The number of hydrogen-bond acceptors (Lipinski definition) is 4. The number of piperazine rings is 1. The van der Waals surface area contributed by atoms with Crippen molar-refractivity contribution >= 4 is 11.9 Å². The Balaban J connectivity index is 1.39. The lowest BCUT2D eigenvalue weighted by atomic mass is 10.2. The second-order valence-corrected chi connectivity index (χ2v) is 7.42. The van der Waals surface area contributed by atoms with Crippen LogP contribution in [0, 0.1) is 0 Å². The van der Waals surface area contributed by atoms with E-state index in [0.29, 0.717) is 38.2 Å². The molecule has 2 fully saturated rings. The first kappa shape index (κ1) is 22.2. The number of para-hydroxylation sites is 1. The van der Waals surface area contributed by atoms with Gasteiger partial charge in [0.1, 0.15) is 12.4 Å². The monoisotopic (exact) mass is 427 g/mol. The summed E-state index contributed by atoms with van der Waals surface area (Å²) in [5.74, 6) is 0.564. The number of rotatable bonds is 7. The third-order valence-electron chi connectivity index (χ3n) is 5.03. The number of ether oxygens (including phenoxy) is 1. The summed E-state index contributed by atoms with van der Waals surface area (Å²) in [4.78, 5) is 20.3. The number of aliphatic imine (C=N–C) groups is 1. The van der Waals surface area contributed by atoms with Crippen molar-refractivity contribution in [3.05, 3.63) is 29.8 Å². The zero-order chi connectivity index (χ0) is 21.6. The van der Waals surface area contributed by atoms with Crippen LogP contribution in [-0.4, -0.2) is 80.6 Å². The molecule has 0 aromatic heterocycles. The highest BCUT2D eigenvalue weighted by atomic mass is 19.4. The van der Waals surface area contributed by atoms with Crippen LogP contribution in [0.3, 0.4) is 0 Å². The lowest BCUT2D eigenvalue weighted by Gasteiger charge is -2.36. The number of benzene rings is 1. The molecule has 0 unspecified atom stereocenters. The van der Waals surface area contributed by atoms with E-state index in [1.165, 1.54) is 18.2 Å². The van der Waals surface area contributed by atoms with Gasteiger partial charge in [0.2, 0.25) is 5.91 Å². The fraction of sp³-hybridized carbons (Fsp3) is 0.600. The van der Waals surface area contributed by atoms with Gasteiger partial charge in [-0.05, 0) is 25.0 Å². The highest BCUT2D eigenvalue weighted by Gasteiger charge is 2.34. The molecule has 3 rings (SSSR count). The van der Waals surface area contributed by atoms with Gasteiger partial charge in [0.15, 0.2) is 5.96 Å². The number of halogens is 3. The standard InChI is InChI=1S/C20H28F3N5O2/c1-24-19(25-8-13-30-17-5-3-2-4-16(17)20(21,22)23)28-11-9-27(10-12-28)14-18(29)26-15-6-7-15/h2-5,15H,6-14H2,1H3,(H,24,25)(H,26,29). The van der Waals surface area contributed by atoms with Crippen molar-refractivity contribution in [3.63, 3.8) is 0 Å². The van der Waals surface area contributed by atoms with Crippen LogP contribution < -0.4 is 15.4 Å². The van der Waals surface area contributed by atoms with Gasteiger partial charge in [-0.25, -0.2) is 0 Å². The SMILES string of the molecule is CN=C(NCCOc1ccccc1C(F)(F)F)N1CCN(CC(=O)NC2CC2)CC1. The molecule has 7 nitrogen and oxygen atoms in total. The fourth-order valence-electron chi connectivity index (χ4n) is 3.30. The Morgan fingerprint density at radius 2 is 1.90 bits per heavy atom. The van der Waals surface area contributed by atoms with Crippen LogP contribution in [0.5, 0.6) is 5.75 Å². The molecule has 166 valence electrons. The average molecular weight is 427 g/mol. The van der Waals surface area contributed by atoms with E-state index in [-0.39, 0.29) is 18.3 Å². The molecule has 1 saturated heterocycles. The van der Waals surface area contributed by atoms with Gasteiger partial charge in [-0.3, -0.25) is 14.7 Å². The van der Waals surface area contributed by atoms with Crippen molar-refractivity contribution in [2.75, 3.05) is 52.9 Å². The number of carbonyl (C=O) groups excluding carboxylic acids is 1.